The van der Waals surface area contributed by atoms with E-state index in [-0.39, 0.29) is 0 Å². The van der Waals surface area contributed by atoms with Gasteiger partial charge in [0.15, 0.2) is 0 Å². The number of para-hydroxylation sites is 1. The molecule has 0 amide bonds. The van der Waals surface area contributed by atoms with Crippen molar-refractivity contribution in [3.63, 3.8) is 0 Å². The maximum absolute atomic E-state index is 6.89. The van der Waals surface area contributed by atoms with E-state index in [0.29, 0.717) is 5.92 Å². The fourth-order valence-corrected chi connectivity index (χ4v) is 8.17. The Balaban J connectivity index is 1.52. The van der Waals surface area contributed by atoms with Crippen LogP contribution in [0.3, 0.4) is 0 Å². The van der Waals surface area contributed by atoms with Gasteiger partial charge in [0.25, 0.3) is 0 Å². The van der Waals surface area contributed by atoms with Gasteiger partial charge in [-0.3, -0.25) is 0 Å². The molecular weight excluding hydrogens is 730 g/mol. The molecule has 49 heavy (non-hydrogen) atoms. The molecule has 0 saturated carbocycles. The summed E-state index contributed by atoms with van der Waals surface area (Å²) in [5.41, 5.74) is 11.9. The van der Waals surface area contributed by atoms with E-state index >= 15 is 0 Å². The van der Waals surface area contributed by atoms with Crippen molar-refractivity contribution in [2.75, 3.05) is 4.90 Å². The predicted octanol–water partition coefficient (Wildman–Crippen LogP) is 13.8. The van der Waals surface area contributed by atoms with Gasteiger partial charge in [-0.15, -0.1) is 0 Å². The molecule has 0 bridgehead atoms. The first-order valence-electron chi connectivity index (χ1n) is 16.7. The normalized spacial score (nSPS) is 14.3. The van der Waals surface area contributed by atoms with Gasteiger partial charge in [-0.1, -0.05) is 125 Å². The number of fused-ring (bicyclic) bond motifs is 8. The number of hydrogen-bond donors (Lipinski definition) is 0. The number of hydrogen-bond acceptors (Lipinski definition) is 2. The van der Waals surface area contributed by atoms with E-state index in [1.165, 1.54) is 22.3 Å². The predicted molar refractivity (Wildman–Crippen MR) is 212 cm³/mol. The quantitative estimate of drug-likeness (QED) is 0.162. The number of nitrogens with zero attached hydrogens (tertiary/aromatic N) is 1. The first kappa shape index (κ1) is 31.6. The van der Waals surface area contributed by atoms with Crippen molar-refractivity contribution in [3.8, 4) is 22.6 Å². The zero-order valence-electron chi connectivity index (χ0n) is 27.6. The Hall–Kier alpha value is -4.64. The zero-order valence-corrected chi connectivity index (χ0v) is 30.8. The molecule has 0 aromatic heterocycles. The van der Waals surface area contributed by atoms with Crippen molar-refractivity contribution in [1.82, 2.24) is 0 Å². The molecule has 0 atom stereocenters. The van der Waals surface area contributed by atoms with Gasteiger partial charge in [-0.05, 0) is 119 Å². The molecule has 2 aliphatic heterocycles. The number of halogens is 2. The Morgan fingerprint density at radius 3 is 1.84 bits per heavy atom. The molecule has 6 aromatic carbocycles. The van der Waals surface area contributed by atoms with Crippen LogP contribution in [-0.2, 0) is 5.41 Å². The lowest BCUT2D eigenvalue weighted by Crippen LogP contribution is -2.40. The topological polar surface area (TPSA) is 12.5 Å². The Morgan fingerprint density at radius 2 is 1.22 bits per heavy atom. The third-order valence-corrected chi connectivity index (χ3v) is 10.6. The Labute approximate surface area is 305 Å². The van der Waals surface area contributed by atoms with Crippen molar-refractivity contribution >= 4 is 54.5 Å². The summed E-state index contributed by atoms with van der Waals surface area (Å²) in [6.07, 6.45) is 6.71. The number of ether oxygens (including phenoxy) is 1. The number of rotatable bonds is 5. The van der Waals surface area contributed by atoms with E-state index in [9.17, 15) is 0 Å². The molecule has 6 aromatic rings. The second-order valence-corrected chi connectivity index (χ2v) is 14.8. The van der Waals surface area contributed by atoms with Crippen LogP contribution in [-0.4, -0.2) is 0 Å². The molecule has 0 N–H and O–H groups in total. The summed E-state index contributed by atoms with van der Waals surface area (Å²) in [4.78, 5) is 2.40. The molecule has 2 nitrogen and oxygen atoms in total. The lowest BCUT2D eigenvalue weighted by molar-refractivity contribution is 0.434. The van der Waals surface area contributed by atoms with Gasteiger partial charge in [0, 0.05) is 25.8 Å². The lowest BCUT2D eigenvalue weighted by Gasteiger charge is -2.49. The highest BCUT2D eigenvalue weighted by atomic mass is 79.9. The van der Waals surface area contributed by atoms with E-state index in [2.05, 4.69) is 209 Å². The average Bonchev–Trinajstić information content (AvgIpc) is 3.12. The van der Waals surface area contributed by atoms with Gasteiger partial charge >= 0.3 is 0 Å². The number of anilines is 3. The Bertz CT molecular complexity index is 2220. The van der Waals surface area contributed by atoms with Gasteiger partial charge in [-0.25, -0.2) is 0 Å². The van der Waals surface area contributed by atoms with Gasteiger partial charge in [-0.2, -0.15) is 0 Å². The molecule has 4 heteroatoms. The van der Waals surface area contributed by atoms with Crippen LogP contribution >= 0.6 is 31.9 Å². The molecule has 2 aliphatic rings. The molecule has 1 spiro atoms. The fourth-order valence-electron chi connectivity index (χ4n) is 7.45. The highest BCUT2D eigenvalue weighted by Gasteiger charge is 2.51. The van der Waals surface area contributed by atoms with E-state index in [1.807, 2.05) is 0 Å². The minimum absolute atomic E-state index is 0.446. The van der Waals surface area contributed by atoms with Crippen molar-refractivity contribution in [2.45, 2.75) is 26.2 Å². The van der Waals surface area contributed by atoms with E-state index in [1.54, 1.807) is 0 Å². The monoisotopic (exact) mass is 763 g/mol. The molecule has 0 fully saturated rings. The number of benzene rings is 6. The summed E-state index contributed by atoms with van der Waals surface area (Å²) in [5.74, 6) is 2.16. The molecule has 240 valence electrons. The van der Waals surface area contributed by atoms with Crippen LogP contribution in [0.25, 0.3) is 16.7 Å². The maximum atomic E-state index is 6.89. The minimum atomic E-state index is -0.714. The molecule has 8 rings (SSSR count). The highest BCUT2D eigenvalue weighted by Crippen LogP contribution is 2.64. The standard InChI is InChI=1S/C45H35Br2NO/c1-4-30(16-15-29(2)3)32-17-23-43-39(25-32)45(40-26-33(18-24-44(40)49-43)31-11-7-5-8-12-31)37-27-34(46)19-21-41(37)48(36-13-9-6-10-14-36)42-22-20-35(47)28-38(42)45/h4-29H,1-3H3/b16-15-,30-4+. The molecule has 0 aliphatic carbocycles. The second-order valence-electron chi connectivity index (χ2n) is 13.0. The summed E-state index contributed by atoms with van der Waals surface area (Å²) in [5, 5.41) is 0. The highest BCUT2D eigenvalue weighted by molar-refractivity contribution is 9.10. The van der Waals surface area contributed by atoms with Crippen LogP contribution in [0, 0.1) is 5.92 Å². The van der Waals surface area contributed by atoms with Crippen LogP contribution in [0.5, 0.6) is 11.5 Å². The third kappa shape index (κ3) is 5.29. The van der Waals surface area contributed by atoms with Crippen molar-refractivity contribution in [2.24, 2.45) is 5.92 Å². The van der Waals surface area contributed by atoms with Crippen LogP contribution < -0.4 is 9.64 Å². The molecule has 0 saturated heterocycles. The minimum Gasteiger partial charge on any atom is -0.457 e. The van der Waals surface area contributed by atoms with Crippen molar-refractivity contribution < 1.29 is 4.74 Å². The summed E-state index contributed by atoms with van der Waals surface area (Å²) in [7, 11) is 0. The largest absolute Gasteiger partial charge is 0.457 e. The second kappa shape index (κ2) is 12.7. The van der Waals surface area contributed by atoms with Gasteiger partial charge in [0.05, 0.1) is 16.8 Å². The third-order valence-electron chi connectivity index (χ3n) is 9.62. The van der Waals surface area contributed by atoms with Gasteiger partial charge < -0.3 is 9.64 Å². The van der Waals surface area contributed by atoms with Crippen molar-refractivity contribution in [1.29, 1.82) is 0 Å². The van der Waals surface area contributed by atoms with Gasteiger partial charge in [0.2, 0.25) is 0 Å². The molecule has 0 radical (unpaired) electrons. The Kier molecular flexibility index (Phi) is 8.18. The smallest absolute Gasteiger partial charge is 0.132 e. The van der Waals surface area contributed by atoms with Crippen LogP contribution in [0.4, 0.5) is 17.1 Å². The van der Waals surface area contributed by atoms with E-state index in [0.717, 1.165) is 59.8 Å². The van der Waals surface area contributed by atoms with Gasteiger partial charge in [0.1, 0.15) is 11.5 Å². The summed E-state index contributed by atoms with van der Waals surface area (Å²) in [6, 6.07) is 48.1. The summed E-state index contributed by atoms with van der Waals surface area (Å²) >= 11 is 7.82. The SMILES string of the molecule is C/C=C(\C=C/C(C)C)c1ccc2c(c1)C1(c3cc(-c4ccccc4)ccc3O2)c2cc(Br)ccc2N(c2ccccc2)c2ccc(Br)cc21. The number of allylic oxidation sites excluding steroid dienone is 4. The van der Waals surface area contributed by atoms with E-state index in [4.69, 9.17) is 4.74 Å². The average molecular weight is 766 g/mol. The molecule has 0 unspecified atom stereocenters. The molecule has 2 heterocycles. The first-order chi connectivity index (χ1) is 23.9. The molecular formula is C45H35Br2NO. The van der Waals surface area contributed by atoms with Crippen molar-refractivity contribution in [3.05, 3.63) is 188 Å². The van der Waals surface area contributed by atoms with Crippen LogP contribution in [0.2, 0.25) is 0 Å². The summed E-state index contributed by atoms with van der Waals surface area (Å²) < 4.78 is 8.94. The van der Waals surface area contributed by atoms with Crippen LogP contribution in [0.15, 0.2) is 161 Å². The summed E-state index contributed by atoms with van der Waals surface area (Å²) in [6.45, 7) is 6.54. The Morgan fingerprint density at radius 1 is 0.633 bits per heavy atom. The maximum Gasteiger partial charge on any atom is 0.132 e. The zero-order chi connectivity index (χ0) is 33.7. The fraction of sp³-hybridized carbons (Fsp3) is 0.111. The lowest BCUT2D eigenvalue weighted by atomic mass is 9.60. The van der Waals surface area contributed by atoms with Crippen LogP contribution in [0.1, 0.15) is 48.6 Å². The van der Waals surface area contributed by atoms with E-state index < -0.39 is 5.41 Å². The first-order valence-corrected chi connectivity index (χ1v) is 18.3.